The Labute approximate surface area is 115 Å². The van der Waals surface area contributed by atoms with Crippen molar-refractivity contribution < 1.29 is 13.9 Å². The van der Waals surface area contributed by atoms with Crippen LogP contribution in [0.15, 0.2) is 18.2 Å². The number of esters is 1. The third-order valence-electron chi connectivity index (χ3n) is 2.93. The van der Waals surface area contributed by atoms with Gasteiger partial charge in [-0.2, -0.15) is 0 Å². The quantitative estimate of drug-likeness (QED) is 0.835. The van der Waals surface area contributed by atoms with E-state index in [1.165, 1.54) is 23.9 Å². The number of carbonyl (C=O) groups is 1. The number of benzene rings is 1. The van der Waals surface area contributed by atoms with Crippen molar-refractivity contribution in [1.29, 1.82) is 0 Å². The molecule has 1 heterocycles. The maximum Gasteiger partial charge on any atom is 0.345 e. The Hall–Kier alpha value is -2.57. The van der Waals surface area contributed by atoms with Crippen LogP contribution in [-0.2, 0) is 4.74 Å². The number of methoxy groups -OCH3 is 1. The van der Waals surface area contributed by atoms with E-state index in [1.807, 2.05) is 0 Å². The van der Waals surface area contributed by atoms with Gasteiger partial charge in [0.2, 0.25) is 0 Å². The Bertz CT molecular complexity index is 667. The number of nitrogens with two attached hydrogens (primary N) is 1. The van der Waals surface area contributed by atoms with Crippen molar-refractivity contribution in [2.24, 2.45) is 0 Å². The first kappa shape index (κ1) is 13.9. The van der Waals surface area contributed by atoms with E-state index < -0.39 is 5.97 Å². The molecule has 0 atom stereocenters. The minimum Gasteiger partial charge on any atom is -0.465 e. The number of hydrogen-bond acceptors (Lipinski definition) is 5. The highest BCUT2D eigenvalue weighted by atomic mass is 19.1. The number of rotatable bonds is 3. The van der Waals surface area contributed by atoms with E-state index in [4.69, 9.17) is 5.73 Å². The van der Waals surface area contributed by atoms with E-state index in [1.54, 1.807) is 20.0 Å². The highest BCUT2D eigenvalue weighted by molar-refractivity contribution is 5.99. The summed E-state index contributed by atoms with van der Waals surface area (Å²) in [4.78, 5) is 11.7. The van der Waals surface area contributed by atoms with Gasteiger partial charge in [0.15, 0.2) is 5.82 Å². The number of carbonyl (C=O) groups excluding carboxylic acids is 1. The van der Waals surface area contributed by atoms with Crippen molar-refractivity contribution in [3.05, 3.63) is 35.1 Å². The summed E-state index contributed by atoms with van der Waals surface area (Å²) in [7, 11) is 2.89. The highest BCUT2D eigenvalue weighted by Gasteiger charge is 2.23. The molecule has 1 aromatic carbocycles. The second-order valence-electron chi connectivity index (χ2n) is 4.19. The van der Waals surface area contributed by atoms with E-state index in [0.717, 1.165) is 0 Å². The SMILES string of the molecule is CNc1nn(-c2ccc(F)cc2C)c(N)c1C(=O)OC. The van der Waals surface area contributed by atoms with E-state index in [-0.39, 0.29) is 17.2 Å². The molecule has 0 aliphatic rings. The first-order valence-corrected chi connectivity index (χ1v) is 5.90. The Kier molecular flexibility index (Phi) is 3.60. The maximum atomic E-state index is 13.1. The van der Waals surface area contributed by atoms with Crippen molar-refractivity contribution in [1.82, 2.24) is 9.78 Å². The minimum absolute atomic E-state index is 0.135. The van der Waals surface area contributed by atoms with Crippen molar-refractivity contribution in [2.45, 2.75) is 6.92 Å². The summed E-state index contributed by atoms with van der Waals surface area (Å²) >= 11 is 0. The zero-order chi connectivity index (χ0) is 14.9. The first-order valence-electron chi connectivity index (χ1n) is 5.90. The summed E-state index contributed by atoms with van der Waals surface area (Å²) in [6, 6.07) is 4.22. The summed E-state index contributed by atoms with van der Waals surface area (Å²) in [5.41, 5.74) is 7.36. The molecule has 0 fully saturated rings. The Morgan fingerprint density at radius 2 is 2.20 bits per heavy atom. The molecule has 106 valence electrons. The second kappa shape index (κ2) is 5.20. The molecular formula is C13H15FN4O2. The number of aryl methyl sites for hydroxylation is 1. The lowest BCUT2D eigenvalue weighted by Gasteiger charge is -2.07. The molecule has 1 aromatic heterocycles. The van der Waals surface area contributed by atoms with Gasteiger partial charge in [0.05, 0.1) is 12.8 Å². The fourth-order valence-corrected chi connectivity index (χ4v) is 1.95. The number of halogens is 1. The molecule has 3 N–H and O–H groups in total. The topological polar surface area (TPSA) is 82.2 Å². The van der Waals surface area contributed by atoms with Crippen molar-refractivity contribution in [3.8, 4) is 5.69 Å². The smallest absolute Gasteiger partial charge is 0.345 e. The number of nitrogens with zero attached hydrogens (tertiary/aromatic N) is 2. The Morgan fingerprint density at radius 3 is 2.75 bits per heavy atom. The van der Waals surface area contributed by atoms with Gasteiger partial charge >= 0.3 is 5.97 Å². The fraction of sp³-hybridized carbons (Fsp3) is 0.231. The lowest BCUT2D eigenvalue weighted by molar-refractivity contribution is 0.0603. The van der Waals surface area contributed by atoms with Crippen LogP contribution in [-0.4, -0.2) is 29.9 Å². The van der Waals surface area contributed by atoms with Gasteiger partial charge < -0.3 is 15.8 Å². The molecule has 6 nitrogen and oxygen atoms in total. The zero-order valence-electron chi connectivity index (χ0n) is 11.4. The molecule has 20 heavy (non-hydrogen) atoms. The molecular weight excluding hydrogens is 263 g/mol. The Balaban J connectivity index is 2.64. The highest BCUT2D eigenvalue weighted by Crippen LogP contribution is 2.27. The second-order valence-corrected chi connectivity index (χ2v) is 4.19. The Morgan fingerprint density at radius 1 is 1.50 bits per heavy atom. The largest absolute Gasteiger partial charge is 0.465 e. The van der Waals surface area contributed by atoms with Gasteiger partial charge in [-0.15, -0.1) is 5.10 Å². The van der Waals surface area contributed by atoms with Crippen LogP contribution in [0.4, 0.5) is 16.0 Å². The predicted octanol–water partition coefficient (Wildman–Crippen LogP) is 1.73. The average molecular weight is 278 g/mol. The first-order chi connectivity index (χ1) is 9.49. The van der Waals surface area contributed by atoms with Crippen LogP contribution < -0.4 is 11.1 Å². The van der Waals surface area contributed by atoms with Gasteiger partial charge in [-0.05, 0) is 30.7 Å². The molecule has 0 unspecified atom stereocenters. The standard InChI is InChI=1S/C13H15FN4O2/c1-7-6-8(14)4-5-9(7)18-11(15)10(13(19)20-3)12(16-2)17-18/h4-6H,15H2,1-3H3,(H,16,17). The predicted molar refractivity (Wildman–Crippen MR) is 73.6 cm³/mol. The lowest BCUT2D eigenvalue weighted by Crippen LogP contribution is -2.08. The zero-order valence-corrected chi connectivity index (χ0v) is 11.4. The molecule has 0 radical (unpaired) electrons. The van der Waals surface area contributed by atoms with Crippen LogP contribution >= 0.6 is 0 Å². The van der Waals surface area contributed by atoms with Gasteiger partial charge in [0.1, 0.15) is 17.2 Å². The molecule has 0 aliphatic carbocycles. The average Bonchev–Trinajstić information content (AvgIpc) is 2.75. The van der Waals surface area contributed by atoms with Crippen molar-refractivity contribution >= 4 is 17.6 Å². The van der Waals surface area contributed by atoms with Gasteiger partial charge in [0.25, 0.3) is 0 Å². The van der Waals surface area contributed by atoms with Crippen LogP contribution in [0.1, 0.15) is 15.9 Å². The molecule has 0 saturated carbocycles. The number of aromatic nitrogens is 2. The number of anilines is 2. The van der Waals surface area contributed by atoms with E-state index in [0.29, 0.717) is 17.1 Å². The van der Waals surface area contributed by atoms with E-state index in [9.17, 15) is 9.18 Å². The summed E-state index contributed by atoms with van der Waals surface area (Å²) in [5.74, 6) is -0.495. The fourth-order valence-electron chi connectivity index (χ4n) is 1.95. The van der Waals surface area contributed by atoms with Crippen molar-refractivity contribution in [3.63, 3.8) is 0 Å². The summed E-state index contributed by atoms with van der Waals surface area (Å²) < 4.78 is 19.2. The third-order valence-corrected chi connectivity index (χ3v) is 2.93. The van der Waals surface area contributed by atoms with Crippen LogP contribution in [0, 0.1) is 12.7 Å². The number of hydrogen-bond donors (Lipinski definition) is 2. The molecule has 0 spiro atoms. The third kappa shape index (κ3) is 2.18. The lowest BCUT2D eigenvalue weighted by atomic mass is 10.2. The van der Waals surface area contributed by atoms with Gasteiger partial charge in [0, 0.05) is 7.05 Å². The minimum atomic E-state index is -0.585. The van der Waals surface area contributed by atoms with Crippen LogP contribution in [0.25, 0.3) is 5.69 Å². The van der Waals surface area contributed by atoms with Crippen molar-refractivity contribution in [2.75, 3.05) is 25.2 Å². The molecule has 0 saturated heterocycles. The van der Waals surface area contributed by atoms with E-state index >= 15 is 0 Å². The van der Waals surface area contributed by atoms with Gasteiger partial charge in [-0.3, -0.25) is 0 Å². The van der Waals surface area contributed by atoms with E-state index in [2.05, 4.69) is 15.2 Å². The van der Waals surface area contributed by atoms with Crippen LogP contribution in [0.3, 0.4) is 0 Å². The van der Waals surface area contributed by atoms with Gasteiger partial charge in [-0.25, -0.2) is 13.9 Å². The normalized spacial score (nSPS) is 10.4. The summed E-state index contributed by atoms with van der Waals surface area (Å²) in [5, 5.41) is 7.00. The molecule has 0 amide bonds. The monoisotopic (exact) mass is 278 g/mol. The number of ether oxygens (including phenoxy) is 1. The molecule has 7 heteroatoms. The van der Waals surface area contributed by atoms with Gasteiger partial charge in [-0.1, -0.05) is 0 Å². The maximum absolute atomic E-state index is 13.1. The molecule has 0 bridgehead atoms. The van der Waals surface area contributed by atoms with Crippen LogP contribution in [0.2, 0.25) is 0 Å². The molecule has 0 aliphatic heterocycles. The summed E-state index contributed by atoms with van der Waals surface area (Å²) in [6.45, 7) is 1.73. The molecule has 2 aromatic rings. The molecule has 2 rings (SSSR count). The summed E-state index contributed by atoms with van der Waals surface area (Å²) in [6.07, 6.45) is 0. The number of nitrogens with one attached hydrogen (secondary N) is 1. The number of nitrogen functional groups attached to an aromatic ring is 1. The van der Waals surface area contributed by atoms with Crippen LogP contribution in [0.5, 0.6) is 0 Å².